The van der Waals surface area contributed by atoms with E-state index in [2.05, 4.69) is 10.4 Å². The summed E-state index contributed by atoms with van der Waals surface area (Å²) in [6, 6.07) is 0. The van der Waals surface area contributed by atoms with Crippen molar-refractivity contribution in [2.24, 2.45) is 0 Å². The van der Waals surface area contributed by atoms with Gasteiger partial charge < -0.3 is 10.4 Å². The zero-order valence-electron chi connectivity index (χ0n) is 8.15. The molecule has 0 aliphatic heterocycles. The molecule has 0 atom stereocenters. The number of hydrogen-bond acceptors (Lipinski definition) is 5. The van der Waals surface area contributed by atoms with Gasteiger partial charge in [0.1, 0.15) is 6.54 Å². The quantitative estimate of drug-likeness (QED) is 0.352. The number of H-pyrrole nitrogens is 2. The number of carbonyl (C=O) groups excluding carboxylic acids is 1. The van der Waals surface area contributed by atoms with Gasteiger partial charge >= 0.3 is 11.1 Å². The number of nitrogens with zero attached hydrogens (tertiary/aromatic N) is 1. The van der Waals surface area contributed by atoms with Crippen LogP contribution in [0, 0.1) is 4.77 Å². The fourth-order valence-corrected chi connectivity index (χ4v) is 1.18. The van der Waals surface area contributed by atoms with E-state index in [1.54, 1.807) is 0 Å². The third-order valence-electron chi connectivity index (χ3n) is 1.70. The molecule has 0 bridgehead atoms. The van der Waals surface area contributed by atoms with E-state index in [1.807, 2.05) is 5.10 Å². The number of carbonyl (C=O) groups is 1. The topological polar surface area (TPSA) is 120 Å². The molecule has 1 aromatic heterocycles. The van der Waals surface area contributed by atoms with E-state index in [4.69, 9.17) is 17.3 Å². The molecule has 1 amide bonds. The van der Waals surface area contributed by atoms with Crippen LogP contribution in [0.1, 0.15) is 0 Å². The normalized spacial score (nSPS) is 10.1. The third kappa shape index (κ3) is 2.87. The van der Waals surface area contributed by atoms with E-state index >= 15 is 0 Å². The second-order valence-electron chi connectivity index (χ2n) is 2.85. The Balaban J connectivity index is 2.94. The molecule has 0 saturated carbocycles. The molecule has 0 radical (unpaired) electrons. The highest BCUT2D eigenvalue weighted by Gasteiger charge is 2.07. The number of aliphatic hydroxyl groups excluding tert-OH is 1. The van der Waals surface area contributed by atoms with Crippen LogP contribution in [0.25, 0.3) is 0 Å². The largest absolute Gasteiger partial charge is 0.395 e. The number of aromatic amines is 2. The summed E-state index contributed by atoms with van der Waals surface area (Å²) in [5.41, 5.74) is -1.79. The minimum absolute atomic E-state index is 0.0521. The van der Waals surface area contributed by atoms with Gasteiger partial charge in [0.05, 0.1) is 6.61 Å². The van der Waals surface area contributed by atoms with Crippen molar-refractivity contribution in [3.05, 3.63) is 25.5 Å². The highest BCUT2D eigenvalue weighted by Crippen LogP contribution is 1.80. The standard InChI is InChI=1S/C7H10N4O4S/c12-2-1-8-4(13)3-11-6(15)5(14)9-10-7(11)16/h12H,1-3H2,(H,8,13)(H,9,14)(H,10,16). The van der Waals surface area contributed by atoms with Crippen molar-refractivity contribution >= 4 is 18.1 Å². The van der Waals surface area contributed by atoms with Gasteiger partial charge in [0.25, 0.3) is 0 Å². The van der Waals surface area contributed by atoms with E-state index < -0.39 is 17.0 Å². The highest BCUT2D eigenvalue weighted by molar-refractivity contribution is 7.71. The van der Waals surface area contributed by atoms with Crippen LogP contribution in [0.4, 0.5) is 0 Å². The van der Waals surface area contributed by atoms with Gasteiger partial charge in [0.2, 0.25) is 5.91 Å². The zero-order chi connectivity index (χ0) is 12.1. The van der Waals surface area contributed by atoms with Gasteiger partial charge in [-0.25, -0.2) is 0 Å². The fraction of sp³-hybridized carbons (Fsp3) is 0.429. The van der Waals surface area contributed by atoms with Crippen molar-refractivity contribution < 1.29 is 9.90 Å². The van der Waals surface area contributed by atoms with Gasteiger partial charge in [0.15, 0.2) is 4.77 Å². The number of nitrogens with one attached hydrogen (secondary N) is 3. The number of aromatic nitrogens is 3. The van der Waals surface area contributed by atoms with Crippen molar-refractivity contribution in [3.63, 3.8) is 0 Å². The smallest absolute Gasteiger partial charge is 0.328 e. The van der Waals surface area contributed by atoms with E-state index in [0.717, 1.165) is 4.57 Å². The van der Waals surface area contributed by atoms with Gasteiger partial charge in [-0.15, -0.1) is 0 Å². The van der Waals surface area contributed by atoms with Crippen LogP contribution in [0.5, 0.6) is 0 Å². The van der Waals surface area contributed by atoms with E-state index in [-0.39, 0.29) is 24.5 Å². The molecule has 1 rings (SSSR count). The molecule has 0 fully saturated rings. The maximum absolute atomic E-state index is 11.3. The van der Waals surface area contributed by atoms with Crippen molar-refractivity contribution in [1.29, 1.82) is 0 Å². The molecular formula is C7H10N4O4S. The molecule has 4 N–H and O–H groups in total. The van der Waals surface area contributed by atoms with Crippen molar-refractivity contribution in [2.45, 2.75) is 6.54 Å². The summed E-state index contributed by atoms with van der Waals surface area (Å²) in [4.78, 5) is 33.5. The number of aliphatic hydroxyl groups is 1. The molecule has 0 unspecified atom stereocenters. The molecule has 9 heteroatoms. The van der Waals surface area contributed by atoms with Crippen LogP contribution in [-0.4, -0.2) is 38.9 Å². The predicted molar refractivity (Wildman–Crippen MR) is 56.6 cm³/mol. The Labute approximate surface area is 93.9 Å². The molecule has 0 aliphatic rings. The Hall–Kier alpha value is -1.74. The van der Waals surface area contributed by atoms with E-state index in [1.165, 1.54) is 0 Å². The Morgan fingerprint density at radius 3 is 2.75 bits per heavy atom. The minimum Gasteiger partial charge on any atom is -0.395 e. The van der Waals surface area contributed by atoms with Crippen LogP contribution in [-0.2, 0) is 11.3 Å². The molecule has 1 aromatic rings. The van der Waals surface area contributed by atoms with Gasteiger partial charge in [-0.2, -0.15) is 0 Å². The molecule has 1 heterocycles. The fourth-order valence-electron chi connectivity index (χ4n) is 0.984. The summed E-state index contributed by atoms with van der Waals surface area (Å²) < 4.78 is 0.782. The summed E-state index contributed by atoms with van der Waals surface area (Å²) in [6.07, 6.45) is 0. The third-order valence-corrected chi connectivity index (χ3v) is 2.03. The lowest BCUT2D eigenvalue weighted by Crippen LogP contribution is -2.41. The first-order chi connectivity index (χ1) is 7.56. The second kappa shape index (κ2) is 5.37. The van der Waals surface area contributed by atoms with Crippen LogP contribution in [0.2, 0.25) is 0 Å². The summed E-state index contributed by atoms with van der Waals surface area (Å²) in [7, 11) is 0. The molecule has 0 aliphatic carbocycles. The van der Waals surface area contributed by atoms with E-state index in [9.17, 15) is 14.4 Å². The highest BCUT2D eigenvalue weighted by atomic mass is 32.1. The molecule has 16 heavy (non-hydrogen) atoms. The average Bonchev–Trinajstić information content (AvgIpc) is 2.27. The molecule has 0 spiro atoms. The summed E-state index contributed by atoms with van der Waals surface area (Å²) in [5.74, 6) is -0.513. The Bertz CT molecular complexity index is 542. The van der Waals surface area contributed by atoms with Crippen LogP contribution in [0.3, 0.4) is 0 Å². The average molecular weight is 246 g/mol. The monoisotopic (exact) mass is 246 g/mol. The summed E-state index contributed by atoms with van der Waals surface area (Å²) in [6.45, 7) is -0.492. The molecule has 0 aromatic carbocycles. The lowest BCUT2D eigenvalue weighted by Gasteiger charge is -2.05. The SMILES string of the molecule is O=C(Cn1c(=S)[nH][nH]c(=O)c1=O)NCCO. The van der Waals surface area contributed by atoms with Crippen molar-refractivity contribution in [3.8, 4) is 0 Å². The Morgan fingerprint density at radius 2 is 2.12 bits per heavy atom. The van der Waals surface area contributed by atoms with Crippen molar-refractivity contribution in [2.75, 3.05) is 13.2 Å². The molecule has 88 valence electrons. The van der Waals surface area contributed by atoms with Crippen LogP contribution >= 0.6 is 12.2 Å². The van der Waals surface area contributed by atoms with E-state index in [0.29, 0.717) is 0 Å². The number of amides is 1. The maximum Gasteiger partial charge on any atom is 0.328 e. The first kappa shape index (κ1) is 12.3. The first-order valence-electron chi connectivity index (χ1n) is 4.35. The maximum atomic E-state index is 11.3. The summed E-state index contributed by atoms with van der Waals surface area (Å²) in [5, 5.41) is 15.1. The minimum atomic E-state index is -0.900. The lowest BCUT2D eigenvalue weighted by molar-refractivity contribution is -0.121. The first-order valence-corrected chi connectivity index (χ1v) is 4.76. The predicted octanol–water partition coefficient (Wildman–Crippen LogP) is -2.30. The zero-order valence-corrected chi connectivity index (χ0v) is 8.97. The second-order valence-corrected chi connectivity index (χ2v) is 3.24. The number of hydrogen-bond donors (Lipinski definition) is 4. The van der Waals surface area contributed by atoms with Gasteiger partial charge in [-0.1, -0.05) is 0 Å². The Kier molecular flexibility index (Phi) is 4.14. The van der Waals surface area contributed by atoms with Crippen molar-refractivity contribution in [1.82, 2.24) is 20.1 Å². The number of rotatable bonds is 4. The van der Waals surface area contributed by atoms with Crippen LogP contribution in [0.15, 0.2) is 9.59 Å². The van der Waals surface area contributed by atoms with Gasteiger partial charge in [-0.3, -0.25) is 29.1 Å². The molecule has 0 saturated heterocycles. The molecular weight excluding hydrogens is 236 g/mol. The van der Waals surface area contributed by atoms with Crippen LogP contribution < -0.4 is 16.4 Å². The Morgan fingerprint density at radius 1 is 1.44 bits per heavy atom. The molecule has 8 nitrogen and oxygen atoms in total. The van der Waals surface area contributed by atoms with Gasteiger partial charge in [-0.05, 0) is 12.2 Å². The van der Waals surface area contributed by atoms with Gasteiger partial charge in [0, 0.05) is 6.54 Å². The summed E-state index contributed by atoms with van der Waals surface area (Å²) >= 11 is 4.74. The lowest BCUT2D eigenvalue weighted by atomic mass is 10.5.